The molecule has 5 heteroatoms. The Morgan fingerprint density at radius 3 is 2.52 bits per heavy atom. The Balaban J connectivity index is 0.00000220. The molecular formula is C16H18BrNO3. The summed E-state index contributed by atoms with van der Waals surface area (Å²) in [7, 11) is 1.38. The average molecular weight is 352 g/mol. The molecule has 0 fully saturated rings. The summed E-state index contributed by atoms with van der Waals surface area (Å²) in [6, 6.07) is 13.8. The SMILES string of the molecule is COC(=O)C[n+]1cc(OCc2ccccc2)ccc1C.[Br-]. The highest BCUT2D eigenvalue weighted by Crippen LogP contribution is 2.10. The van der Waals surface area contributed by atoms with Crippen LogP contribution < -0.4 is 26.3 Å². The highest BCUT2D eigenvalue weighted by atomic mass is 79.9. The zero-order valence-electron chi connectivity index (χ0n) is 12.1. The van der Waals surface area contributed by atoms with Crippen molar-refractivity contribution in [3.63, 3.8) is 0 Å². The van der Waals surface area contributed by atoms with Gasteiger partial charge in [-0.25, -0.2) is 4.79 Å². The van der Waals surface area contributed by atoms with E-state index in [1.807, 2.05) is 60.2 Å². The van der Waals surface area contributed by atoms with Crippen molar-refractivity contribution in [2.75, 3.05) is 7.11 Å². The third-order valence-corrected chi connectivity index (χ3v) is 3.00. The van der Waals surface area contributed by atoms with Gasteiger partial charge < -0.3 is 26.5 Å². The second-order valence-electron chi connectivity index (χ2n) is 4.48. The largest absolute Gasteiger partial charge is 1.00 e. The van der Waals surface area contributed by atoms with Gasteiger partial charge in [0.05, 0.1) is 7.11 Å². The fourth-order valence-electron chi connectivity index (χ4n) is 1.80. The van der Waals surface area contributed by atoms with Crippen molar-refractivity contribution in [2.24, 2.45) is 0 Å². The molecule has 21 heavy (non-hydrogen) atoms. The van der Waals surface area contributed by atoms with E-state index in [0.29, 0.717) is 6.61 Å². The summed E-state index contributed by atoms with van der Waals surface area (Å²) in [5.74, 6) is 0.446. The molecule has 0 saturated carbocycles. The molecule has 112 valence electrons. The van der Waals surface area contributed by atoms with Gasteiger partial charge in [0.1, 0.15) is 6.61 Å². The lowest BCUT2D eigenvalue weighted by Crippen LogP contribution is -3.00. The Bertz CT molecular complexity index is 587. The van der Waals surface area contributed by atoms with Gasteiger partial charge in [-0.3, -0.25) is 0 Å². The number of benzene rings is 1. The van der Waals surface area contributed by atoms with Crippen molar-refractivity contribution in [1.29, 1.82) is 0 Å². The van der Waals surface area contributed by atoms with Crippen LogP contribution >= 0.6 is 0 Å². The third-order valence-electron chi connectivity index (χ3n) is 3.00. The molecule has 4 nitrogen and oxygen atoms in total. The molecule has 0 N–H and O–H groups in total. The summed E-state index contributed by atoms with van der Waals surface area (Å²) in [5, 5.41) is 0. The summed E-state index contributed by atoms with van der Waals surface area (Å²) in [6.07, 6.45) is 1.81. The predicted octanol–water partition coefficient (Wildman–Crippen LogP) is -0.961. The monoisotopic (exact) mass is 351 g/mol. The van der Waals surface area contributed by atoms with E-state index in [1.54, 1.807) is 0 Å². The molecule has 0 bridgehead atoms. The summed E-state index contributed by atoms with van der Waals surface area (Å²) in [5.41, 5.74) is 2.08. The Hall–Kier alpha value is -1.88. The molecule has 0 aliphatic heterocycles. The van der Waals surface area contributed by atoms with Gasteiger partial charge in [-0.2, -0.15) is 4.57 Å². The fourth-order valence-corrected chi connectivity index (χ4v) is 1.80. The number of aromatic nitrogens is 1. The smallest absolute Gasteiger partial charge is 0.372 e. The van der Waals surface area contributed by atoms with Crippen molar-refractivity contribution in [2.45, 2.75) is 20.1 Å². The van der Waals surface area contributed by atoms with E-state index in [1.165, 1.54) is 7.11 Å². The lowest BCUT2D eigenvalue weighted by molar-refractivity contribution is -0.692. The van der Waals surface area contributed by atoms with Gasteiger partial charge >= 0.3 is 5.97 Å². The summed E-state index contributed by atoms with van der Waals surface area (Å²) < 4.78 is 12.2. The first-order valence-corrected chi connectivity index (χ1v) is 6.42. The molecule has 1 aromatic heterocycles. The van der Waals surface area contributed by atoms with Crippen LogP contribution in [0.25, 0.3) is 0 Å². The maximum absolute atomic E-state index is 11.3. The second-order valence-corrected chi connectivity index (χ2v) is 4.48. The number of carbonyl (C=O) groups excluding carboxylic acids is 1. The zero-order valence-corrected chi connectivity index (χ0v) is 13.7. The van der Waals surface area contributed by atoms with Crippen LogP contribution in [0.5, 0.6) is 5.75 Å². The molecule has 0 unspecified atom stereocenters. The molecular weight excluding hydrogens is 334 g/mol. The van der Waals surface area contributed by atoms with Crippen LogP contribution in [0.1, 0.15) is 11.3 Å². The van der Waals surface area contributed by atoms with Gasteiger partial charge in [0, 0.05) is 13.0 Å². The van der Waals surface area contributed by atoms with E-state index >= 15 is 0 Å². The van der Waals surface area contributed by atoms with E-state index < -0.39 is 0 Å². The van der Waals surface area contributed by atoms with Gasteiger partial charge in [-0.15, -0.1) is 0 Å². The molecule has 1 heterocycles. The van der Waals surface area contributed by atoms with E-state index in [2.05, 4.69) is 4.74 Å². The molecule has 0 spiro atoms. The van der Waals surface area contributed by atoms with Gasteiger partial charge in [-0.05, 0) is 11.6 Å². The van der Waals surface area contributed by atoms with Crippen molar-refractivity contribution < 1.29 is 35.8 Å². The zero-order chi connectivity index (χ0) is 14.4. The lowest BCUT2D eigenvalue weighted by Gasteiger charge is -2.06. The third kappa shape index (κ3) is 5.19. The molecule has 0 atom stereocenters. The van der Waals surface area contributed by atoms with Gasteiger partial charge in [-0.1, -0.05) is 30.3 Å². The number of pyridine rings is 1. The Morgan fingerprint density at radius 2 is 1.86 bits per heavy atom. The number of rotatable bonds is 5. The number of halogens is 1. The van der Waals surface area contributed by atoms with Crippen molar-refractivity contribution in [1.82, 2.24) is 0 Å². The maximum atomic E-state index is 11.3. The molecule has 0 radical (unpaired) electrons. The minimum absolute atomic E-state index is 0. The van der Waals surface area contributed by atoms with E-state index in [4.69, 9.17) is 4.74 Å². The van der Waals surface area contributed by atoms with Crippen LogP contribution in [0.15, 0.2) is 48.7 Å². The van der Waals surface area contributed by atoms with Crippen LogP contribution in [0.4, 0.5) is 0 Å². The topological polar surface area (TPSA) is 39.4 Å². The number of methoxy groups -OCH3 is 1. The quantitative estimate of drug-likeness (QED) is 0.514. The fraction of sp³-hybridized carbons (Fsp3) is 0.250. The Kier molecular flexibility index (Phi) is 6.88. The highest BCUT2D eigenvalue weighted by molar-refractivity contribution is 5.67. The normalized spacial score (nSPS) is 9.62. The first-order chi connectivity index (χ1) is 9.69. The van der Waals surface area contributed by atoms with Crippen molar-refractivity contribution >= 4 is 5.97 Å². The van der Waals surface area contributed by atoms with Crippen molar-refractivity contribution in [3.8, 4) is 5.75 Å². The molecule has 0 aliphatic rings. The standard InChI is InChI=1S/C16H18NO3.BrH/c1-13-8-9-15(10-17(13)11-16(18)19-2)20-12-14-6-4-3-5-7-14;/h3-10H,11-12H2,1-2H3;1H/q+1;/p-1. The number of ether oxygens (including phenoxy) is 2. The minimum atomic E-state index is -0.279. The highest BCUT2D eigenvalue weighted by Gasteiger charge is 2.14. The number of nitrogens with zero attached hydrogens (tertiary/aromatic N) is 1. The number of hydrogen-bond donors (Lipinski definition) is 0. The molecule has 0 aliphatic carbocycles. The second kappa shape index (κ2) is 8.42. The first kappa shape index (κ1) is 17.2. The predicted molar refractivity (Wildman–Crippen MR) is 74.2 cm³/mol. The summed E-state index contributed by atoms with van der Waals surface area (Å²) in [4.78, 5) is 11.3. The van der Waals surface area contributed by atoms with Crippen LogP contribution in [0.2, 0.25) is 0 Å². The summed E-state index contributed by atoms with van der Waals surface area (Å²) >= 11 is 0. The first-order valence-electron chi connectivity index (χ1n) is 6.42. The molecule has 0 saturated heterocycles. The molecule has 0 amide bonds. The average Bonchev–Trinajstić information content (AvgIpc) is 2.49. The number of aryl methyl sites for hydroxylation is 1. The summed E-state index contributed by atoms with van der Waals surface area (Å²) in [6.45, 7) is 2.62. The van der Waals surface area contributed by atoms with Gasteiger partial charge in [0.15, 0.2) is 11.4 Å². The van der Waals surface area contributed by atoms with Crippen LogP contribution in [-0.2, 0) is 22.7 Å². The van der Waals surface area contributed by atoms with E-state index in [-0.39, 0.29) is 29.5 Å². The lowest BCUT2D eigenvalue weighted by atomic mass is 10.2. The Morgan fingerprint density at radius 1 is 1.14 bits per heavy atom. The minimum Gasteiger partial charge on any atom is -1.00 e. The van der Waals surface area contributed by atoms with Gasteiger partial charge in [0.25, 0.3) is 0 Å². The Labute approximate surface area is 135 Å². The van der Waals surface area contributed by atoms with Crippen LogP contribution in [0, 0.1) is 6.92 Å². The van der Waals surface area contributed by atoms with Gasteiger partial charge in [0.2, 0.25) is 12.7 Å². The molecule has 2 aromatic rings. The molecule has 1 aromatic carbocycles. The number of hydrogen-bond acceptors (Lipinski definition) is 3. The number of esters is 1. The van der Waals surface area contributed by atoms with E-state index in [9.17, 15) is 4.79 Å². The maximum Gasteiger partial charge on any atom is 0.372 e. The van der Waals surface area contributed by atoms with Crippen LogP contribution in [0.3, 0.4) is 0 Å². The van der Waals surface area contributed by atoms with E-state index in [0.717, 1.165) is 17.0 Å². The van der Waals surface area contributed by atoms with Crippen LogP contribution in [-0.4, -0.2) is 13.1 Å². The molecule has 2 rings (SSSR count). The van der Waals surface area contributed by atoms with Crippen molar-refractivity contribution in [3.05, 3.63) is 59.9 Å². The number of carbonyl (C=O) groups is 1.